The summed E-state index contributed by atoms with van der Waals surface area (Å²) in [6.07, 6.45) is -0.0288. The largest absolute Gasteiger partial charge is 0.481 e. The Morgan fingerprint density at radius 1 is 1.16 bits per heavy atom. The van der Waals surface area contributed by atoms with Gasteiger partial charge in [0.1, 0.15) is 12.1 Å². The third-order valence-corrected chi connectivity index (χ3v) is 7.64. The number of amides is 4. The summed E-state index contributed by atoms with van der Waals surface area (Å²) in [7, 11) is 4.23. The Kier molecular flexibility index (Phi) is 12.0. The highest BCUT2D eigenvalue weighted by Crippen LogP contribution is 2.34. The molecule has 8 N–H and O–H groups in total. The van der Waals surface area contributed by atoms with E-state index in [2.05, 4.69) is 20.9 Å². The number of hydrogen-bond donors (Lipinski definition) is 6. The second-order valence-electron chi connectivity index (χ2n) is 8.01. The Morgan fingerprint density at radius 2 is 1.89 bits per heavy atom. The maximum Gasteiger partial charge on any atom is 0.305 e. The lowest BCUT2D eigenvalue weighted by atomic mass is 10.1. The van der Waals surface area contributed by atoms with Crippen LogP contribution in [-0.2, 0) is 19.2 Å². The van der Waals surface area contributed by atoms with Crippen molar-refractivity contribution >= 4 is 57.1 Å². The van der Waals surface area contributed by atoms with Crippen LogP contribution < -0.4 is 27.4 Å². The van der Waals surface area contributed by atoms with Crippen molar-refractivity contribution in [2.75, 3.05) is 32.4 Å². The monoisotopic (exact) mass is 553 g/mol. The number of carbonyl (C=O) groups excluding carboxylic acids is 4. The summed E-state index contributed by atoms with van der Waals surface area (Å²) >= 11 is 0. The fourth-order valence-electron chi connectivity index (χ4n) is 3.40. The van der Waals surface area contributed by atoms with Gasteiger partial charge in [-0.2, -0.15) is 0 Å². The maximum atomic E-state index is 13.4. The van der Waals surface area contributed by atoms with Crippen molar-refractivity contribution in [3.8, 4) is 0 Å². The number of nitrogens with zero attached hydrogens (tertiary/aromatic N) is 2. The van der Waals surface area contributed by atoms with Crippen molar-refractivity contribution in [3.05, 3.63) is 29.8 Å². The summed E-state index contributed by atoms with van der Waals surface area (Å²) in [5.41, 5.74) is 11.1. The topological polar surface area (TPSA) is 209 Å². The van der Waals surface area contributed by atoms with Gasteiger partial charge in [-0.3, -0.25) is 29.0 Å². The molecule has 0 saturated heterocycles. The summed E-state index contributed by atoms with van der Waals surface area (Å²) in [5.74, 6) is -3.28. The van der Waals surface area contributed by atoms with Gasteiger partial charge in [-0.15, -0.1) is 0 Å². The van der Waals surface area contributed by atoms with Gasteiger partial charge < -0.3 is 37.4 Å². The van der Waals surface area contributed by atoms with Gasteiger partial charge in [-0.25, -0.2) is 0 Å². The molecule has 1 aromatic carbocycles. The molecule has 0 unspecified atom stereocenters. The molecule has 15 heteroatoms. The first-order valence-electron chi connectivity index (χ1n) is 11.4. The molecular formula is C22H31N7O6S2. The van der Waals surface area contributed by atoms with Gasteiger partial charge in [0.05, 0.1) is 18.5 Å². The fraction of sp³-hybridized carbons (Fsp3) is 0.455. The summed E-state index contributed by atoms with van der Waals surface area (Å²) in [4.78, 5) is 68.5. The molecule has 1 aliphatic rings. The molecule has 1 aliphatic heterocycles. The number of guanidine groups is 1. The van der Waals surface area contributed by atoms with Crippen LogP contribution in [0.3, 0.4) is 0 Å². The van der Waals surface area contributed by atoms with Crippen LogP contribution in [-0.4, -0.2) is 90.1 Å². The van der Waals surface area contributed by atoms with Gasteiger partial charge in [0.2, 0.25) is 17.7 Å². The van der Waals surface area contributed by atoms with Gasteiger partial charge in [0, 0.05) is 30.8 Å². The van der Waals surface area contributed by atoms with Crippen LogP contribution in [0.25, 0.3) is 0 Å². The SMILES string of the molecule is CN1C(=O)c2ccccc2SSCCNC(=O)[C@H](CC(=O)O)NC(=O)CNC(=O)[C@@H]1CCCN=C(N)N. The second-order valence-corrected chi connectivity index (χ2v) is 10.5. The van der Waals surface area contributed by atoms with E-state index in [4.69, 9.17) is 16.6 Å². The molecule has 13 nitrogen and oxygen atoms in total. The zero-order chi connectivity index (χ0) is 27.4. The van der Waals surface area contributed by atoms with Crippen LogP contribution in [0.15, 0.2) is 34.2 Å². The molecule has 0 fully saturated rings. The zero-order valence-electron chi connectivity index (χ0n) is 20.3. The molecule has 0 spiro atoms. The van der Waals surface area contributed by atoms with Crippen LogP contribution in [0.1, 0.15) is 29.6 Å². The molecule has 0 radical (unpaired) electrons. The second kappa shape index (κ2) is 14.9. The average molecular weight is 554 g/mol. The number of rotatable bonds is 6. The summed E-state index contributed by atoms with van der Waals surface area (Å²) in [6, 6.07) is 4.70. The van der Waals surface area contributed by atoms with Gasteiger partial charge in [-0.1, -0.05) is 33.7 Å². The van der Waals surface area contributed by atoms with Crippen molar-refractivity contribution in [3.63, 3.8) is 0 Å². The summed E-state index contributed by atoms with van der Waals surface area (Å²) in [5, 5.41) is 16.5. The van der Waals surface area contributed by atoms with E-state index < -0.39 is 48.7 Å². The number of fused-ring (bicyclic) bond motifs is 1. The predicted octanol–water partition coefficient (Wildman–Crippen LogP) is -0.873. The van der Waals surface area contributed by atoms with E-state index in [-0.39, 0.29) is 31.4 Å². The average Bonchev–Trinajstić information content (AvgIpc) is 2.85. The quantitative estimate of drug-likeness (QED) is 0.111. The van der Waals surface area contributed by atoms with Crippen molar-refractivity contribution in [2.45, 2.75) is 36.2 Å². The highest BCUT2D eigenvalue weighted by Gasteiger charge is 2.30. The van der Waals surface area contributed by atoms with Gasteiger partial charge in [0.15, 0.2) is 5.96 Å². The number of carbonyl (C=O) groups is 5. The van der Waals surface area contributed by atoms with Crippen LogP contribution in [0.4, 0.5) is 0 Å². The van der Waals surface area contributed by atoms with Crippen molar-refractivity contribution in [1.29, 1.82) is 0 Å². The van der Waals surface area contributed by atoms with Crippen molar-refractivity contribution in [2.24, 2.45) is 16.5 Å². The zero-order valence-corrected chi connectivity index (χ0v) is 21.9. The van der Waals surface area contributed by atoms with E-state index in [0.717, 1.165) is 0 Å². The van der Waals surface area contributed by atoms with Crippen LogP contribution in [0.5, 0.6) is 0 Å². The third kappa shape index (κ3) is 9.84. The standard InChI is InChI=1S/C22H31N7O6S2/c1-29-15(6-4-8-26-22(23)24)20(34)27-12-17(30)28-14(11-18(31)32)19(33)25-9-10-36-37-16-7-3-2-5-13(16)21(29)35/h2-3,5,7,14-15H,4,6,8-12H2,1H3,(H,25,33)(H,27,34)(H,28,30)(H,31,32)(H4,23,24,26)/t14-,15-/m0/s1. The Hall–Kier alpha value is -3.46. The molecule has 37 heavy (non-hydrogen) atoms. The first-order valence-corrected chi connectivity index (χ1v) is 13.7. The number of nitrogens with two attached hydrogens (primary N) is 2. The van der Waals surface area contributed by atoms with E-state index in [9.17, 15) is 24.0 Å². The lowest BCUT2D eigenvalue weighted by Gasteiger charge is -2.28. The molecule has 0 bridgehead atoms. The molecular weight excluding hydrogens is 522 g/mol. The lowest BCUT2D eigenvalue weighted by molar-refractivity contribution is -0.140. The van der Waals surface area contributed by atoms with Crippen LogP contribution in [0, 0.1) is 0 Å². The van der Waals surface area contributed by atoms with Crippen molar-refractivity contribution < 1.29 is 29.1 Å². The van der Waals surface area contributed by atoms with Gasteiger partial charge in [-0.05, 0) is 25.0 Å². The number of benzene rings is 1. The Morgan fingerprint density at radius 3 is 2.59 bits per heavy atom. The molecule has 0 aromatic heterocycles. The minimum atomic E-state index is -1.31. The van der Waals surface area contributed by atoms with Crippen LogP contribution in [0.2, 0.25) is 0 Å². The minimum absolute atomic E-state index is 0.0946. The molecule has 2 rings (SSSR count). The Balaban J connectivity index is 2.31. The molecule has 1 heterocycles. The predicted molar refractivity (Wildman–Crippen MR) is 141 cm³/mol. The molecule has 2 atom stereocenters. The number of carboxylic acid groups (broad SMARTS) is 1. The summed E-state index contributed by atoms with van der Waals surface area (Å²) < 4.78 is 0. The normalized spacial score (nSPS) is 20.1. The smallest absolute Gasteiger partial charge is 0.305 e. The first-order chi connectivity index (χ1) is 17.6. The number of aliphatic imine (C=N–C) groups is 1. The van der Waals surface area contributed by atoms with E-state index in [0.29, 0.717) is 22.6 Å². The molecule has 0 saturated carbocycles. The fourth-order valence-corrected chi connectivity index (χ4v) is 5.49. The molecule has 202 valence electrons. The van der Waals surface area contributed by atoms with Crippen molar-refractivity contribution in [1.82, 2.24) is 20.9 Å². The van der Waals surface area contributed by atoms with E-state index in [1.165, 1.54) is 33.5 Å². The summed E-state index contributed by atoms with van der Waals surface area (Å²) in [6.45, 7) is -0.0618. The molecule has 4 amide bonds. The highest BCUT2D eigenvalue weighted by atomic mass is 33.1. The number of hydrogen-bond acceptors (Lipinski definition) is 8. The number of nitrogens with one attached hydrogen (secondary N) is 3. The number of likely N-dealkylation sites (N-methyl/N-ethyl adjacent to an activating group) is 1. The highest BCUT2D eigenvalue weighted by molar-refractivity contribution is 8.76. The molecule has 0 aliphatic carbocycles. The lowest BCUT2D eigenvalue weighted by Crippen LogP contribution is -2.53. The molecule has 1 aromatic rings. The van der Waals surface area contributed by atoms with Gasteiger partial charge >= 0.3 is 5.97 Å². The van der Waals surface area contributed by atoms with Gasteiger partial charge in [0.25, 0.3) is 5.91 Å². The maximum absolute atomic E-state index is 13.4. The number of carboxylic acids is 1. The van der Waals surface area contributed by atoms with E-state index in [1.54, 1.807) is 24.3 Å². The Labute approximate surface area is 221 Å². The number of aliphatic carboxylic acids is 1. The van der Waals surface area contributed by atoms with E-state index >= 15 is 0 Å². The third-order valence-electron chi connectivity index (χ3n) is 5.22. The Bertz CT molecular complexity index is 1030. The van der Waals surface area contributed by atoms with Crippen LogP contribution >= 0.6 is 21.6 Å². The van der Waals surface area contributed by atoms with E-state index in [1.807, 2.05) is 0 Å². The minimum Gasteiger partial charge on any atom is -0.481 e. The first kappa shape index (κ1) is 29.8.